The molecule has 0 bridgehead atoms. The van der Waals surface area contributed by atoms with Crippen LogP contribution in [0.4, 0.5) is 5.69 Å². The van der Waals surface area contributed by atoms with E-state index in [0.717, 1.165) is 16.8 Å². The smallest absolute Gasteiger partial charge is 0.236 e. The average molecular weight is 251 g/mol. The van der Waals surface area contributed by atoms with Crippen molar-refractivity contribution in [2.75, 3.05) is 5.32 Å². The zero-order valence-electron chi connectivity index (χ0n) is 11.2. The molecule has 1 N–H and O–H groups in total. The molecule has 2 aromatic carbocycles. The van der Waals surface area contributed by atoms with Crippen molar-refractivity contribution in [1.29, 1.82) is 0 Å². The molecule has 0 fully saturated rings. The van der Waals surface area contributed by atoms with Crippen molar-refractivity contribution in [2.45, 2.75) is 25.7 Å². The molecular weight excluding hydrogens is 234 g/mol. The lowest BCUT2D eigenvalue weighted by molar-refractivity contribution is -0.116. The molecule has 2 heteroatoms. The molecular formula is C17H17NO. The first-order valence-corrected chi connectivity index (χ1v) is 6.67. The minimum absolute atomic E-state index is 0.0781. The Bertz CT molecular complexity index is 616. The lowest BCUT2D eigenvalue weighted by atomic mass is 9.90. The van der Waals surface area contributed by atoms with Gasteiger partial charge in [-0.2, -0.15) is 0 Å². The van der Waals surface area contributed by atoms with Crippen LogP contribution in [0, 0.1) is 0 Å². The minimum atomic E-state index is -0.171. The van der Waals surface area contributed by atoms with Crippen LogP contribution < -0.4 is 5.32 Å². The molecule has 96 valence electrons. The van der Waals surface area contributed by atoms with Crippen LogP contribution in [0.3, 0.4) is 0 Å². The predicted molar refractivity (Wildman–Crippen MR) is 77.4 cm³/mol. The van der Waals surface area contributed by atoms with E-state index in [2.05, 4.69) is 31.3 Å². The molecule has 1 amide bonds. The first kappa shape index (κ1) is 12.0. The van der Waals surface area contributed by atoms with E-state index in [9.17, 15) is 4.79 Å². The van der Waals surface area contributed by atoms with Crippen molar-refractivity contribution < 1.29 is 4.79 Å². The minimum Gasteiger partial charge on any atom is -0.325 e. The molecule has 1 aliphatic rings. The molecule has 0 saturated heterocycles. The number of para-hydroxylation sites is 1. The molecule has 2 aromatic rings. The lowest BCUT2D eigenvalue weighted by Gasteiger charge is -2.12. The third-order valence-corrected chi connectivity index (χ3v) is 3.71. The molecule has 2 nitrogen and oxygen atoms in total. The van der Waals surface area contributed by atoms with Gasteiger partial charge in [-0.1, -0.05) is 62.4 Å². The standard InChI is InChI=1S/C17H17NO/c1-11(2)13-9-6-10-14-15(17(19)18-16(13)14)12-7-4-3-5-8-12/h3-11,15H,1-2H3,(H,18,19). The summed E-state index contributed by atoms with van der Waals surface area (Å²) < 4.78 is 0. The first-order valence-electron chi connectivity index (χ1n) is 6.67. The molecule has 0 aromatic heterocycles. The Morgan fingerprint density at radius 2 is 1.74 bits per heavy atom. The number of hydrogen-bond acceptors (Lipinski definition) is 1. The lowest BCUT2D eigenvalue weighted by Crippen LogP contribution is -2.13. The summed E-state index contributed by atoms with van der Waals surface area (Å²) in [6, 6.07) is 16.2. The predicted octanol–water partition coefficient (Wildman–Crippen LogP) is 3.89. The Morgan fingerprint density at radius 1 is 1.00 bits per heavy atom. The van der Waals surface area contributed by atoms with Gasteiger partial charge in [-0.15, -0.1) is 0 Å². The maximum Gasteiger partial charge on any atom is 0.236 e. The van der Waals surface area contributed by atoms with Crippen molar-refractivity contribution in [3.63, 3.8) is 0 Å². The van der Waals surface area contributed by atoms with Crippen molar-refractivity contribution in [3.05, 3.63) is 65.2 Å². The van der Waals surface area contributed by atoms with Crippen LogP contribution in [0.1, 0.15) is 42.4 Å². The maximum absolute atomic E-state index is 12.3. The van der Waals surface area contributed by atoms with Crippen LogP contribution in [0.5, 0.6) is 0 Å². The van der Waals surface area contributed by atoms with Crippen LogP contribution >= 0.6 is 0 Å². The van der Waals surface area contributed by atoms with E-state index in [1.165, 1.54) is 5.56 Å². The quantitative estimate of drug-likeness (QED) is 0.861. The van der Waals surface area contributed by atoms with Crippen molar-refractivity contribution in [3.8, 4) is 0 Å². The van der Waals surface area contributed by atoms with Gasteiger partial charge in [-0.25, -0.2) is 0 Å². The summed E-state index contributed by atoms with van der Waals surface area (Å²) in [5.41, 5.74) is 4.38. The highest BCUT2D eigenvalue weighted by atomic mass is 16.2. The van der Waals surface area contributed by atoms with Crippen molar-refractivity contribution in [1.82, 2.24) is 0 Å². The highest BCUT2D eigenvalue weighted by Gasteiger charge is 2.33. The van der Waals surface area contributed by atoms with Crippen molar-refractivity contribution in [2.24, 2.45) is 0 Å². The van der Waals surface area contributed by atoms with E-state index in [1.807, 2.05) is 36.4 Å². The zero-order chi connectivity index (χ0) is 13.4. The second-order valence-corrected chi connectivity index (χ2v) is 5.30. The number of fused-ring (bicyclic) bond motifs is 1. The molecule has 1 unspecified atom stereocenters. The molecule has 0 aliphatic carbocycles. The number of amides is 1. The number of hydrogen-bond donors (Lipinski definition) is 1. The summed E-state index contributed by atoms with van der Waals surface area (Å²) in [5.74, 6) is 0.314. The summed E-state index contributed by atoms with van der Waals surface area (Å²) in [5, 5.41) is 3.06. The molecule has 0 saturated carbocycles. The van der Waals surface area contributed by atoms with Crippen LogP contribution in [0.15, 0.2) is 48.5 Å². The average Bonchev–Trinajstić information content (AvgIpc) is 2.75. The number of carbonyl (C=O) groups is 1. The molecule has 1 heterocycles. The third-order valence-electron chi connectivity index (χ3n) is 3.71. The largest absolute Gasteiger partial charge is 0.325 e. The second-order valence-electron chi connectivity index (χ2n) is 5.30. The van der Waals surface area contributed by atoms with E-state index >= 15 is 0 Å². The highest BCUT2D eigenvalue weighted by molar-refractivity contribution is 6.05. The fraction of sp³-hybridized carbons (Fsp3) is 0.235. The first-order chi connectivity index (χ1) is 9.18. The Kier molecular flexibility index (Phi) is 2.86. The normalized spacial score (nSPS) is 17.4. The summed E-state index contributed by atoms with van der Waals surface area (Å²) >= 11 is 0. The van der Waals surface area contributed by atoms with Gasteiger partial charge in [0.15, 0.2) is 0 Å². The molecule has 0 radical (unpaired) electrons. The van der Waals surface area contributed by atoms with Gasteiger partial charge in [0.1, 0.15) is 0 Å². The topological polar surface area (TPSA) is 29.1 Å². The Hall–Kier alpha value is -2.09. The molecule has 0 spiro atoms. The van der Waals surface area contributed by atoms with Crippen LogP contribution in [-0.4, -0.2) is 5.91 Å². The number of anilines is 1. The van der Waals surface area contributed by atoms with Crippen LogP contribution in [0.25, 0.3) is 0 Å². The maximum atomic E-state index is 12.3. The van der Waals surface area contributed by atoms with E-state index in [4.69, 9.17) is 0 Å². The van der Waals surface area contributed by atoms with Crippen LogP contribution in [0.2, 0.25) is 0 Å². The van der Waals surface area contributed by atoms with Crippen molar-refractivity contribution >= 4 is 11.6 Å². The number of carbonyl (C=O) groups excluding carboxylic acids is 1. The molecule has 3 rings (SSSR count). The number of rotatable bonds is 2. The van der Waals surface area contributed by atoms with Gasteiger partial charge < -0.3 is 5.32 Å². The van der Waals surface area contributed by atoms with E-state index in [-0.39, 0.29) is 11.8 Å². The highest BCUT2D eigenvalue weighted by Crippen LogP contribution is 2.41. The fourth-order valence-electron chi connectivity index (χ4n) is 2.77. The Morgan fingerprint density at radius 3 is 2.42 bits per heavy atom. The fourth-order valence-corrected chi connectivity index (χ4v) is 2.77. The molecule has 1 aliphatic heterocycles. The second kappa shape index (κ2) is 4.54. The molecule has 19 heavy (non-hydrogen) atoms. The van der Waals surface area contributed by atoms with E-state index in [1.54, 1.807) is 0 Å². The van der Waals surface area contributed by atoms with Gasteiger partial charge in [0.05, 0.1) is 5.92 Å². The number of nitrogens with one attached hydrogen (secondary N) is 1. The van der Waals surface area contributed by atoms with E-state index in [0.29, 0.717) is 5.92 Å². The summed E-state index contributed by atoms with van der Waals surface area (Å²) in [6.45, 7) is 4.30. The van der Waals surface area contributed by atoms with Gasteiger partial charge in [0.25, 0.3) is 0 Å². The molecule has 1 atom stereocenters. The Labute approximate surface area is 113 Å². The van der Waals surface area contributed by atoms with Crippen LogP contribution in [-0.2, 0) is 4.79 Å². The summed E-state index contributed by atoms with van der Waals surface area (Å²) in [6.07, 6.45) is 0. The van der Waals surface area contributed by atoms with Gasteiger partial charge in [0, 0.05) is 5.69 Å². The number of benzene rings is 2. The van der Waals surface area contributed by atoms with E-state index < -0.39 is 0 Å². The zero-order valence-corrected chi connectivity index (χ0v) is 11.2. The van der Waals surface area contributed by atoms with Gasteiger partial charge in [-0.05, 0) is 22.6 Å². The Balaban J connectivity index is 2.13. The van der Waals surface area contributed by atoms with Gasteiger partial charge >= 0.3 is 0 Å². The van der Waals surface area contributed by atoms with Gasteiger partial charge in [0.2, 0.25) is 5.91 Å². The summed E-state index contributed by atoms with van der Waals surface area (Å²) in [7, 11) is 0. The SMILES string of the molecule is CC(C)c1cccc2c1NC(=O)C2c1ccccc1. The summed E-state index contributed by atoms with van der Waals surface area (Å²) in [4.78, 5) is 12.3. The third kappa shape index (κ3) is 1.93. The monoisotopic (exact) mass is 251 g/mol. The van der Waals surface area contributed by atoms with Gasteiger partial charge in [-0.3, -0.25) is 4.79 Å².